The van der Waals surface area contributed by atoms with Gasteiger partial charge in [0.05, 0.1) is 25.2 Å². The number of hydrogen-bond donors (Lipinski definition) is 0. The molecule has 0 N–H and O–H groups in total. The second kappa shape index (κ2) is 6.76. The number of morpholine rings is 1. The van der Waals surface area contributed by atoms with E-state index in [1.807, 2.05) is 0 Å². The van der Waals surface area contributed by atoms with Gasteiger partial charge in [0.15, 0.2) is 0 Å². The van der Waals surface area contributed by atoms with Crippen LogP contribution in [0.4, 0.5) is 0 Å². The van der Waals surface area contributed by atoms with Crippen LogP contribution in [0.1, 0.15) is 38.5 Å². The molecule has 3 rings (SSSR count). The van der Waals surface area contributed by atoms with E-state index in [2.05, 4.69) is 11.0 Å². The number of nitriles is 1. The molecule has 116 valence electrons. The summed E-state index contributed by atoms with van der Waals surface area (Å²) in [6, 6.07) is 2.49. The van der Waals surface area contributed by atoms with Gasteiger partial charge in [0.2, 0.25) is 5.91 Å². The highest BCUT2D eigenvalue weighted by Gasteiger charge is 2.37. The van der Waals surface area contributed by atoms with Gasteiger partial charge >= 0.3 is 0 Å². The minimum atomic E-state index is -0.394. The molecular formula is C16H25N3O2. The topological polar surface area (TPSA) is 56.6 Å². The number of carbonyl (C=O) groups excluding carboxylic acids is 1. The third kappa shape index (κ3) is 3.22. The Kier molecular flexibility index (Phi) is 4.77. The summed E-state index contributed by atoms with van der Waals surface area (Å²) >= 11 is 0. The van der Waals surface area contributed by atoms with E-state index in [0.717, 1.165) is 19.5 Å². The van der Waals surface area contributed by atoms with Crippen molar-refractivity contribution in [1.82, 2.24) is 9.80 Å². The van der Waals surface area contributed by atoms with E-state index in [9.17, 15) is 10.1 Å². The van der Waals surface area contributed by atoms with Crippen LogP contribution >= 0.6 is 0 Å². The third-order valence-electron chi connectivity index (χ3n) is 5.22. The Balaban J connectivity index is 1.57. The Morgan fingerprint density at radius 1 is 1.14 bits per heavy atom. The first kappa shape index (κ1) is 14.8. The average molecular weight is 291 g/mol. The molecule has 2 heterocycles. The quantitative estimate of drug-likeness (QED) is 0.771. The van der Waals surface area contributed by atoms with E-state index >= 15 is 0 Å². The van der Waals surface area contributed by atoms with E-state index in [1.165, 1.54) is 32.1 Å². The first-order chi connectivity index (χ1) is 10.3. The molecule has 0 aromatic rings. The molecule has 0 aromatic carbocycles. The average Bonchev–Trinajstić information content (AvgIpc) is 3.05. The molecule has 1 saturated carbocycles. The first-order valence-corrected chi connectivity index (χ1v) is 8.31. The SMILES string of the molecule is N#CC1COCCN1C(=O)C1CCN(C2CCCCC2)C1. The van der Waals surface area contributed by atoms with Crippen LogP contribution in [0, 0.1) is 17.2 Å². The summed E-state index contributed by atoms with van der Waals surface area (Å²) in [4.78, 5) is 17.0. The first-order valence-electron chi connectivity index (χ1n) is 8.31. The zero-order valence-corrected chi connectivity index (χ0v) is 12.7. The van der Waals surface area contributed by atoms with Crippen molar-refractivity contribution >= 4 is 5.91 Å². The van der Waals surface area contributed by atoms with E-state index in [4.69, 9.17) is 4.74 Å². The molecule has 0 aromatic heterocycles. The van der Waals surface area contributed by atoms with Crippen LogP contribution in [0.2, 0.25) is 0 Å². The van der Waals surface area contributed by atoms with Crippen molar-refractivity contribution in [3.8, 4) is 6.07 Å². The van der Waals surface area contributed by atoms with E-state index < -0.39 is 6.04 Å². The van der Waals surface area contributed by atoms with Gasteiger partial charge in [-0.2, -0.15) is 5.26 Å². The van der Waals surface area contributed by atoms with Crippen LogP contribution in [0.3, 0.4) is 0 Å². The minimum absolute atomic E-state index is 0.0841. The van der Waals surface area contributed by atoms with Crippen molar-refractivity contribution in [2.75, 3.05) is 32.8 Å². The van der Waals surface area contributed by atoms with Crippen LogP contribution in [0.15, 0.2) is 0 Å². The molecule has 0 spiro atoms. The van der Waals surface area contributed by atoms with Gasteiger partial charge in [0, 0.05) is 19.1 Å². The maximum atomic E-state index is 12.7. The molecule has 2 unspecified atom stereocenters. The van der Waals surface area contributed by atoms with Crippen LogP contribution in [0.25, 0.3) is 0 Å². The maximum Gasteiger partial charge on any atom is 0.228 e. The number of amides is 1. The summed E-state index contributed by atoms with van der Waals surface area (Å²) in [7, 11) is 0. The normalized spacial score (nSPS) is 32.0. The van der Waals surface area contributed by atoms with Gasteiger partial charge in [-0.05, 0) is 25.8 Å². The van der Waals surface area contributed by atoms with E-state index in [1.54, 1.807) is 4.90 Å². The Hall–Kier alpha value is -1.12. The van der Waals surface area contributed by atoms with Crippen molar-refractivity contribution in [2.24, 2.45) is 5.92 Å². The van der Waals surface area contributed by atoms with Gasteiger partial charge in [0.1, 0.15) is 6.04 Å². The molecule has 2 saturated heterocycles. The van der Waals surface area contributed by atoms with Gasteiger partial charge in [0.25, 0.3) is 0 Å². The smallest absolute Gasteiger partial charge is 0.228 e. The minimum Gasteiger partial charge on any atom is -0.376 e. The fourth-order valence-electron chi connectivity index (χ4n) is 3.98. The number of ether oxygens (including phenoxy) is 1. The van der Waals surface area contributed by atoms with Crippen molar-refractivity contribution in [1.29, 1.82) is 5.26 Å². The van der Waals surface area contributed by atoms with E-state index in [0.29, 0.717) is 25.8 Å². The Bertz CT molecular complexity index is 414. The number of nitrogens with zero attached hydrogens (tertiary/aromatic N) is 3. The van der Waals surface area contributed by atoms with Crippen molar-refractivity contribution in [2.45, 2.75) is 50.6 Å². The molecule has 5 heteroatoms. The molecular weight excluding hydrogens is 266 g/mol. The zero-order valence-electron chi connectivity index (χ0n) is 12.7. The van der Waals surface area contributed by atoms with Crippen molar-refractivity contribution < 1.29 is 9.53 Å². The fraction of sp³-hybridized carbons (Fsp3) is 0.875. The lowest BCUT2D eigenvalue weighted by Crippen LogP contribution is -2.50. The van der Waals surface area contributed by atoms with Crippen LogP contribution in [-0.4, -0.2) is 60.6 Å². The summed E-state index contributed by atoms with van der Waals surface area (Å²) in [6.07, 6.45) is 7.56. The fourth-order valence-corrected chi connectivity index (χ4v) is 3.98. The number of likely N-dealkylation sites (tertiary alicyclic amines) is 1. The van der Waals surface area contributed by atoms with Gasteiger partial charge in [-0.3, -0.25) is 9.69 Å². The lowest BCUT2D eigenvalue weighted by atomic mass is 9.94. The second-order valence-corrected chi connectivity index (χ2v) is 6.52. The van der Waals surface area contributed by atoms with Crippen molar-refractivity contribution in [3.63, 3.8) is 0 Å². The standard InChI is InChI=1S/C16H25N3O2/c17-10-15-12-21-9-8-19(15)16(20)13-6-7-18(11-13)14-4-2-1-3-5-14/h13-15H,1-9,11-12H2. The third-order valence-corrected chi connectivity index (χ3v) is 5.22. The molecule has 1 aliphatic carbocycles. The molecule has 5 nitrogen and oxygen atoms in total. The molecule has 2 atom stereocenters. The Morgan fingerprint density at radius 3 is 2.71 bits per heavy atom. The lowest BCUT2D eigenvalue weighted by Gasteiger charge is -2.34. The van der Waals surface area contributed by atoms with Crippen LogP contribution in [0.5, 0.6) is 0 Å². The number of hydrogen-bond acceptors (Lipinski definition) is 4. The Morgan fingerprint density at radius 2 is 1.95 bits per heavy atom. The molecule has 0 bridgehead atoms. The molecule has 1 amide bonds. The van der Waals surface area contributed by atoms with Crippen molar-refractivity contribution in [3.05, 3.63) is 0 Å². The summed E-state index contributed by atoms with van der Waals surface area (Å²) in [6.45, 7) is 3.42. The van der Waals surface area contributed by atoms with Gasteiger partial charge in [-0.15, -0.1) is 0 Å². The molecule has 3 fully saturated rings. The highest BCUT2D eigenvalue weighted by atomic mass is 16.5. The summed E-state index contributed by atoms with van der Waals surface area (Å²) in [5, 5.41) is 9.17. The molecule has 0 radical (unpaired) electrons. The summed E-state index contributed by atoms with van der Waals surface area (Å²) in [5.74, 6) is 0.254. The highest BCUT2D eigenvalue weighted by Crippen LogP contribution is 2.29. The predicted molar refractivity (Wildman–Crippen MR) is 78.5 cm³/mol. The number of carbonyl (C=O) groups is 1. The highest BCUT2D eigenvalue weighted by molar-refractivity contribution is 5.80. The molecule has 2 aliphatic heterocycles. The van der Waals surface area contributed by atoms with Crippen LogP contribution < -0.4 is 0 Å². The second-order valence-electron chi connectivity index (χ2n) is 6.52. The van der Waals surface area contributed by atoms with Gasteiger partial charge < -0.3 is 9.64 Å². The Labute approximate surface area is 126 Å². The monoisotopic (exact) mass is 291 g/mol. The lowest BCUT2D eigenvalue weighted by molar-refractivity contribution is -0.141. The molecule has 3 aliphatic rings. The zero-order chi connectivity index (χ0) is 14.7. The van der Waals surface area contributed by atoms with Gasteiger partial charge in [-0.1, -0.05) is 19.3 Å². The summed E-state index contributed by atoms with van der Waals surface area (Å²) in [5.41, 5.74) is 0. The maximum absolute atomic E-state index is 12.7. The molecule has 21 heavy (non-hydrogen) atoms. The number of rotatable bonds is 2. The van der Waals surface area contributed by atoms with Crippen LogP contribution in [-0.2, 0) is 9.53 Å². The largest absolute Gasteiger partial charge is 0.376 e. The summed E-state index contributed by atoms with van der Waals surface area (Å²) < 4.78 is 5.31. The van der Waals surface area contributed by atoms with Gasteiger partial charge in [-0.25, -0.2) is 0 Å². The predicted octanol–water partition coefficient (Wildman–Crippen LogP) is 1.39. The van der Waals surface area contributed by atoms with E-state index in [-0.39, 0.29) is 11.8 Å².